The van der Waals surface area contributed by atoms with Crippen LogP contribution in [0.25, 0.3) is 0 Å². The van der Waals surface area contributed by atoms with Crippen LogP contribution in [0.3, 0.4) is 0 Å². The molecular formula is HAlO7SZr. The van der Waals surface area contributed by atoms with Gasteiger partial charge in [0.1, 0.15) is 0 Å². The molecule has 0 bridgehead atoms. The van der Waals surface area contributed by atoms with Crippen molar-refractivity contribution in [3.63, 3.8) is 0 Å². The molecule has 0 aliphatic heterocycles. The molecule has 10 heavy (non-hydrogen) atoms. The molecule has 0 unspecified atom stereocenters. The molecule has 0 aliphatic carbocycles. The molecule has 56 valence electrons. The van der Waals surface area contributed by atoms with Crippen molar-refractivity contribution in [2.24, 2.45) is 0 Å². The normalized spacial score (nSPS) is 5.80. The molecule has 7 nitrogen and oxygen atoms in total. The van der Waals surface area contributed by atoms with Crippen molar-refractivity contribution in [2.75, 3.05) is 0 Å². The van der Waals surface area contributed by atoms with Gasteiger partial charge in [0.15, 0.2) is 0 Å². The standard InChI is InChI=1S/Al.H2O4S.3O.Zr/c;1-5(2,3)4;;;;/h;(H2,1,2,3,4);;;;/q+3;;3*-2;+4/p-1. The summed E-state index contributed by atoms with van der Waals surface area (Å²) in [6, 6.07) is 0. The summed E-state index contributed by atoms with van der Waals surface area (Å²) in [6.45, 7) is 0. The molecular weight excluding hydrogens is 262 g/mol. The Bertz CT molecular complexity index is 96.8. The van der Waals surface area contributed by atoms with Crippen molar-refractivity contribution in [3.05, 3.63) is 0 Å². The van der Waals surface area contributed by atoms with Crippen molar-refractivity contribution >= 4 is 27.8 Å². The van der Waals surface area contributed by atoms with Crippen LogP contribution in [0, 0.1) is 0 Å². The van der Waals surface area contributed by atoms with Crippen LogP contribution in [-0.2, 0) is 53.0 Å². The van der Waals surface area contributed by atoms with E-state index in [0.717, 1.165) is 0 Å². The van der Waals surface area contributed by atoms with E-state index < -0.39 is 10.4 Å². The third-order valence-corrected chi connectivity index (χ3v) is 0. The van der Waals surface area contributed by atoms with Gasteiger partial charge in [-0.05, 0) is 0 Å². The Kier molecular flexibility index (Phi) is 71.9. The fourth-order valence-corrected chi connectivity index (χ4v) is 0. The molecule has 0 amide bonds. The molecule has 0 rings (SSSR count). The van der Waals surface area contributed by atoms with Crippen molar-refractivity contribution in [2.45, 2.75) is 0 Å². The number of hydrogen-bond acceptors (Lipinski definition) is 3. The molecule has 1 N–H and O–H groups in total. The molecule has 0 spiro atoms. The van der Waals surface area contributed by atoms with Gasteiger partial charge in [-0.3, -0.25) is 4.55 Å². The first-order valence-electron chi connectivity index (χ1n) is 0.683. The van der Waals surface area contributed by atoms with Crippen LogP contribution in [0.4, 0.5) is 0 Å². The van der Waals surface area contributed by atoms with E-state index in [0.29, 0.717) is 0 Å². The Balaban J connectivity index is -0.00000000800. The summed E-state index contributed by atoms with van der Waals surface area (Å²) >= 11 is 0. The summed E-state index contributed by atoms with van der Waals surface area (Å²) in [7, 11) is -4.92. The molecule has 0 saturated carbocycles. The quantitative estimate of drug-likeness (QED) is 0.312. The second kappa shape index (κ2) is 16.6. The predicted molar refractivity (Wildman–Crippen MR) is 20.1 cm³/mol. The van der Waals surface area contributed by atoms with Crippen LogP contribution in [0.5, 0.6) is 0 Å². The van der Waals surface area contributed by atoms with Gasteiger partial charge in [0, 0.05) is 0 Å². The van der Waals surface area contributed by atoms with Crippen LogP contribution in [0.1, 0.15) is 0 Å². The summed E-state index contributed by atoms with van der Waals surface area (Å²) in [5.41, 5.74) is 0. The van der Waals surface area contributed by atoms with Gasteiger partial charge in [-0.2, -0.15) is 0 Å². The summed E-state index contributed by atoms with van der Waals surface area (Å²) in [5, 5.41) is 0. The zero-order valence-electron chi connectivity index (χ0n) is 4.38. The maximum atomic E-state index is 8.63. The average Bonchev–Trinajstić information content (AvgIpc) is 0.722. The summed E-state index contributed by atoms with van der Waals surface area (Å²) < 4.78 is 32.8. The zero-order chi connectivity index (χ0) is 4.50. The van der Waals surface area contributed by atoms with Gasteiger partial charge in [-0.1, -0.05) is 0 Å². The van der Waals surface area contributed by atoms with Crippen LogP contribution in [0.15, 0.2) is 0 Å². The van der Waals surface area contributed by atoms with Gasteiger partial charge in [0.25, 0.3) is 0 Å². The van der Waals surface area contributed by atoms with E-state index in [1.165, 1.54) is 0 Å². The fraction of sp³-hybridized carbons (Fsp3) is 0. The SMILES string of the molecule is O=S(=O)([O-])O.[Al+3].[O-2].[O-2].[O-2].[Zr+4]. The Labute approximate surface area is 87.6 Å². The first-order valence-corrected chi connectivity index (χ1v) is 2.05. The van der Waals surface area contributed by atoms with E-state index >= 15 is 0 Å². The smallest absolute Gasteiger partial charge is 2.00 e. The minimum absolute atomic E-state index is 0. The van der Waals surface area contributed by atoms with Crippen molar-refractivity contribution < 1.29 is 60.2 Å². The maximum Gasteiger partial charge on any atom is 4.00 e. The zero-order valence-corrected chi connectivity index (χ0v) is 8.81. The van der Waals surface area contributed by atoms with Crippen LogP contribution < -0.4 is 0 Å². The molecule has 0 aromatic heterocycles. The number of hydrogen-bond donors (Lipinski definition) is 1. The predicted octanol–water partition coefficient (Wildman–Crippen LogP) is -1.74. The van der Waals surface area contributed by atoms with Gasteiger partial charge < -0.3 is 21.0 Å². The minimum Gasteiger partial charge on any atom is -2.00 e. The molecule has 10 heteroatoms. The molecule has 0 aromatic rings. The second-order valence-corrected chi connectivity index (χ2v) is 1.28. The van der Waals surface area contributed by atoms with Crippen molar-refractivity contribution in [3.8, 4) is 0 Å². The Morgan fingerprint density at radius 1 is 1.10 bits per heavy atom. The third-order valence-electron chi connectivity index (χ3n) is 0. The van der Waals surface area contributed by atoms with Gasteiger partial charge in [0.2, 0.25) is 10.4 Å². The topological polar surface area (TPSA) is 163 Å². The van der Waals surface area contributed by atoms with E-state index in [1.807, 2.05) is 0 Å². The van der Waals surface area contributed by atoms with Crippen LogP contribution in [-0.4, -0.2) is 34.9 Å². The molecule has 0 heterocycles. The fourth-order valence-electron chi connectivity index (χ4n) is 0. The molecule has 0 radical (unpaired) electrons. The molecule has 0 saturated heterocycles. The van der Waals surface area contributed by atoms with Crippen molar-refractivity contribution in [1.29, 1.82) is 0 Å². The summed E-state index contributed by atoms with van der Waals surface area (Å²) in [5.74, 6) is 0. The minimum atomic E-state index is -4.92. The van der Waals surface area contributed by atoms with Gasteiger partial charge in [-0.15, -0.1) is 0 Å². The third kappa shape index (κ3) is 450. The van der Waals surface area contributed by atoms with E-state index in [4.69, 9.17) is 17.5 Å². The number of rotatable bonds is 0. The van der Waals surface area contributed by atoms with Crippen molar-refractivity contribution in [1.82, 2.24) is 0 Å². The van der Waals surface area contributed by atoms with Crippen LogP contribution in [0.2, 0.25) is 0 Å². The first-order chi connectivity index (χ1) is 2.00. The van der Waals surface area contributed by atoms with E-state index in [-0.39, 0.29) is 60.0 Å². The molecule has 0 fully saturated rings. The monoisotopic (exact) mass is 262 g/mol. The Hall–Kier alpha value is 1.17. The van der Waals surface area contributed by atoms with E-state index in [1.54, 1.807) is 0 Å². The van der Waals surface area contributed by atoms with E-state index in [9.17, 15) is 0 Å². The Morgan fingerprint density at radius 3 is 1.10 bits per heavy atom. The van der Waals surface area contributed by atoms with Crippen LogP contribution >= 0.6 is 0 Å². The largest absolute Gasteiger partial charge is 4.00 e. The van der Waals surface area contributed by atoms with E-state index in [2.05, 4.69) is 0 Å². The second-order valence-electron chi connectivity index (χ2n) is 0.428. The summed E-state index contributed by atoms with van der Waals surface area (Å²) in [4.78, 5) is 0. The van der Waals surface area contributed by atoms with Gasteiger partial charge in [-0.25, -0.2) is 8.42 Å². The first kappa shape index (κ1) is 43.2. The molecule has 0 atom stereocenters. The Morgan fingerprint density at radius 2 is 1.10 bits per heavy atom. The average molecular weight is 263 g/mol. The maximum absolute atomic E-state index is 8.63. The molecule has 0 aliphatic rings. The summed E-state index contributed by atoms with van der Waals surface area (Å²) in [6.07, 6.45) is 0. The molecule has 0 aromatic carbocycles. The van der Waals surface area contributed by atoms with Gasteiger partial charge >= 0.3 is 43.6 Å². The van der Waals surface area contributed by atoms with Gasteiger partial charge in [0.05, 0.1) is 0 Å².